The fourth-order valence-electron chi connectivity index (χ4n) is 2.17. The minimum absolute atomic E-state index is 0.617. The second-order valence-corrected chi connectivity index (χ2v) is 4.16. The fraction of sp³-hybridized carbons (Fsp3) is 0.357. The van der Waals surface area contributed by atoms with Gasteiger partial charge in [0, 0.05) is 19.0 Å². The van der Waals surface area contributed by atoms with Crippen molar-refractivity contribution in [3.63, 3.8) is 0 Å². The Morgan fingerprint density at radius 3 is 2.80 bits per heavy atom. The summed E-state index contributed by atoms with van der Waals surface area (Å²) in [6.07, 6.45) is 1.23. The molecule has 0 spiro atoms. The highest BCUT2D eigenvalue weighted by atomic mass is 15.2. The van der Waals surface area contributed by atoms with Crippen LogP contribution < -0.4 is 0 Å². The zero-order valence-electron chi connectivity index (χ0n) is 9.24. The lowest BCUT2D eigenvalue weighted by Gasteiger charge is -2.19. The van der Waals surface area contributed by atoms with Crippen molar-refractivity contribution in [3.05, 3.63) is 53.9 Å². The van der Waals surface area contributed by atoms with E-state index in [1.165, 1.54) is 17.7 Å². The molecule has 0 aromatic heterocycles. The minimum Gasteiger partial charge on any atom is -0.364 e. The van der Waals surface area contributed by atoms with Crippen LogP contribution in [0, 0.1) is 5.92 Å². The van der Waals surface area contributed by atoms with E-state index < -0.39 is 0 Å². The predicted molar refractivity (Wildman–Crippen MR) is 63.3 cm³/mol. The first-order chi connectivity index (χ1) is 7.31. The van der Waals surface area contributed by atoms with Gasteiger partial charge in [-0.2, -0.15) is 0 Å². The van der Waals surface area contributed by atoms with Gasteiger partial charge in [-0.1, -0.05) is 43.8 Å². The Balaban J connectivity index is 2.11. The lowest BCUT2D eigenvalue weighted by molar-refractivity contribution is 0.384. The van der Waals surface area contributed by atoms with Gasteiger partial charge in [0.05, 0.1) is 5.70 Å². The summed E-state index contributed by atoms with van der Waals surface area (Å²) in [7, 11) is 0. The molecule has 1 aliphatic rings. The van der Waals surface area contributed by atoms with Crippen LogP contribution in [0.4, 0.5) is 0 Å². The molecule has 1 fully saturated rings. The molecule has 0 saturated carbocycles. The third-order valence-electron chi connectivity index (χ3n) is 3.04. The normalized spacial score (nSPS) is 20.5. The van der Waals surface area contributed by atoms with Crippen molar-refractivity contribution >= 4 is 0 Å². The monoisotopic (exact) mass is 199 g/mol. The molecule has 1 heteroatoms. The molecule has 0 radical (unpaired) electrons. The standard InChI is InChI=1S/C14H17N/c1-3-14-12(2)9-10-15(14)11-13-7-5-4-6-8-13/h4-8,12H,1,9-11H2,2H3. The van der Waals surface area contributed by atoms with Crippen molar-refractivity contribution in [2.24, 2.45) is 5.92 Å². The number of rotatable bonds is 2. The highest BCUT2D eigenvalue weighted by Gasteiger charge is 2.23. The van der Waals surface area contributed by atoms with Crippen LogP contribution in [0.15, 0.2) is 48.3 Å². The van der Waals surface area contributed by atoms with Crippen LogP contribution in [0.2, 0.25) is 0 Å². The van der Waals surface area contributed by atoms with E-state index in [-0.39, 0.29) is 0 Å². The SMILES string of the molecule is C=C=C1C(C)CCN1Cc1ccccc1. The van der Waals surface area contributed by atoms with E-state index in [2.05, 4.69) is 54.5 Å². The molecule has 0 amide bonds. The highest BCUT2D eigenvalue weighted by molar-refractivity contribution is 5.17. The van der Waals surface area contributed by atoms with Crippen LogP contribution in [0.25, 0.3) is 0 Å². The number of benzene rings is 1. The molecule has 1 aromatic rings. The Bertz CT molecular complexity index is 374. The summed E-state index contributed by atoms with van der Waals surface area (Å²) in [6.45, 7) is 8.15. The van der Waals surface area contributed by atoms with Crippen LogP contribution in [-0.4, -0.2) is 11.4 Å². The van der Waals surface area contributed by atoms with Crippen LogP contribution in [0.3, 0.4) is 0 Å². The molecular formula is C14H17N. The molecule has 15 heavy (non-hydrogen) atoms. The van der Waals surface area contributed by atoms with Gasteiger partial charge in [0.15, 0.2) is 0 Å². The van der Waals surface area contributed by atoms with Gasteiger partial charge in [-0.15, -0.1) is 5.73 Å². The van der Waals surface area contributed by atoms with Gasteiger partial charge in [-0.3, -0.25) is 0 Å². The molecule has 1 aliphatic heterocycles. The maximum absolute atomic E-state index is 3.78. The van der Waals surface area contributed by atoms with Gasteiger partial charge in [-0.05, 0) is 12.0 Å². The Labute approximate surface area is 91.7 Å². The summed E-state index contributed by atoms with van der Waals surface area (Å²) in [6, 6.07) is 10.6. The van der Waals surface area contributed by atoms with Crippen molar-refractivity contribution in [1.29, 1.82) is 0 Å². The van der Waals surface area contributed by atoms with Crippen LogP contribution in [-0.2, 0) is 6.54 Å². The molecular weight excluding hydrogens is 182 g/mol. The van der Waals surface area contributed by atoms with E-state index >= 15 is 0 Å². The van der Waals surface area contributed by atoms with E-state index in [0.29, 0.717) is 5.92 Å². The number of likely N-dealkylation sites (tertiary alicyclic amines) is 1. The predicted octanol–water partition coefficient (Wildman–Crippen LogP) is 3.20. The van der Waals surface area contributed by atoms with Crippen molar-refractivity contribution in [1.82, 2.24) is 4.90 Å². The topological polar surface area (TPSA) is 3.24 Å². The summed E-state index contributed by atoms with van der Waals surface area (Å²) >= 11 is 0. The number of hydrogen-bond donors (Lipinski definition) is 0. The zero-order valence-corrected chi connectivity index (χ0v) is 9.24. The van der Waals surface area contributed by atoms with Gasteiger partial charge in [-0.25, -0.2) is 0 Å². The smallest absolute Gasteiger partial charge is 0.0590 e. The Morgan fingerprint density at radius 2 is 2.13 bits per heavy atom. The van der Waals surface area contributed by atoms with E-state index in [0.717, 1.165) is 13.1 Å². The molecule has 1 atom stereocenters. The van der Waals surface area contributed by atoms with E-state index in [9.17, 15) is 0 Å². The molecule has 1 aromatic carbocycles. The first kappa shape index (κ1) is 10.1. The molecule has 2 rings (SSSR count). The van der Waals surface area contributed by atoms with Crippen molar-refractivity contribution in [2.45, 2.75) is 19.9 Å². The average Bonchev–Trinajstić information content (AvgIpc) is 2.61. The van der Waals surface area contributed by atoms with Crippen molar-refractivity contribution in [2.75, 3.05) is 6.54 Å². The van der Waals surface area contributed by atoms with Gasteiger partial charge >= 0.3 is 0 Å². The molecule has 78 valence electrons. The van der Waals surface area contributed by atoms with Gasteiger partial charge in [0.1, 0.15) is 0 Å². The van der Waals surface area contributed by atoms with E-state index in [1.54, 1.807) is 0 Å². The Morgan fingerprint density at radius 1 is 1.40 bits per heavy atom. The third kappa shape index (κ3) is 2.14. The quantitative estimate of drug-likeness (QED) is 0.661. The van der Waals surface area contributed by atoms with Crippen molar-refractivity contribution < 1.29 is 0 Å². The van der Waals surface area contributed by atoms with Crippen LogP contribution in [0.1, 0.15) is 18.9 Å². The Kier molecular flexibility index (Phi) is 2.94. The largest absolute Gasteiger partial charge is 0.364 e. The number of allylic oxidation sites excluding steroid dienone is 1. The average molecular weight is 199 g/mol. The first-order valence-electron chi connectivity index (χ1n) is 5.50. The minimum atomic E-state index is 0.617. The molecule has 0 aliphatic carbocycles. The molecule has 1 saturated heterocycles. The molecule has 0 N–H and O–H groups in total. The summed E-state index contributed by atoms with van der Waals surface area (Å²) < 4.78 is 0. The maximum Gasteiger partial charge on any atom is 0.0590 e. The molecule has 1 nitrogen and oxygen atoms in total. The second kappa shape index (κ2) is 4.37. The number of hydrogen-bond acceptors (Lipinski definition) is 1. The first-order valence-corrected chi connectivity index (χ1v) is 5.50. The summed E-state index contributed by atoms with van der Waals surface area (Å²) in [5.74, 6) is 0.617. The molecule has 0 bridgehead atoms. The van der Waals surface area contributed by atoms with E-state index in [4.69, 9.17) is 0 Å². The third-order valence-corrected chi connectivity index (χ3v) is 3.04. The van der Waals surface area contributed by atoms with Crippen LogP contribution >= 0.6 is 0 Å². The van der Waals surface area contributed by atoms with Gasteiger partial charge in [0.2, 0.25) is 0 Å². The Hall–Kier alpha value is -1.46. The van der Waals surface area contributed by atoms with Gasteiger partial charge < -0.3 is 4.90 Å². The van der Waals surface area contributed by atoms with Crippen LogP contribution in [0.5, 0.6) is 0 Å². The second-order valence-electron chi connectivity index (χ2n) is 4.16. The summed E-state index contributed by atoms with van der Waals surface area (Å²) in [5.41, 5.74) is 5.71. The molecule has 1 unspecified atom stereocenters. The summed E-state index contributed by atoms with van der Waals surface area (Å²) in [4.78, 5) is 2.38. The van der Waals surface area contributed by atoms with Crippen molar-refractivity contribution in [3.8, 4) is 0 Å². The highest BCUT2D eigenvalue weighted by Crippen LogP contribution is 2.27. The number of nitrogens with zero attached hydrogens (tertiary/aromatic N) is 1. The fourth-order valence-corrected chi connectivity index (χ4v) is 2.17. The maximum atomic E-state index is 3.78. The zero-order chi connectivity index (χ0) is 10.7. The summed E-state index contributed by atoms with van der Waals surface area (Å²) in [5, 5.41) is 0. The molecule has 1 heterocycles. The van der Waals surface area contributed by atoms with Gasteiger partial charge in [0.25, 0.3) is 0 Å². The lowest BCUT2D eigenvalue weighted by Crippen LogP contribution is -2.17. The lowest BCUT2D eigenvalue weighted by atomic mass is 10.1. The van der Waals surface area contributed by atoms with E-state index in [1.807, 2.05) is 0 Å².